The van der Waals surface area contributed by atoms with E-state index >= 15 is 0 Å². The molecule has 16 heavy (non-hydrogen) atoms. The minimum absolute atomic E-state index is 0.301. The zero-order chi connectivity index (χ0) is 11.4. The molecule has 0 heterocycles. The standard InChI is InChI=1S/C14H18O2/c1-11(9-10-15)12-5-7-14(8-6-12)16-13-3-2-4-13/h5-8,10-11,13H,2-4,9H2,1H3. The zero-order valence-electron chi connectivity index (χ0n) is 9.69. The van der Waals surface area contributed by atoms with E-state index in [9.17, 15) is 4.79 Å². The van der Waals surface area contributed by atoms with Crippen LogP contribution in [-0.4, -0.2) is 12.4 Å². The first-order chi connectivity index (χ1) is 7.79. The molecule has 0 amide bonds. The molecule has 1 aliphatic rings. The number of carbonyl (C=O) groups is 1. The maximum Gasteiger partial charge on any atom is 0.120 e. The van der Waals surface area contributed by atoms with E-state index in [0.29, 0.717) is 18.4 Å². The van der Waals surface area contributed by atoms with Gasteiger partial charge in [-0.05, 0) is 42.9 Å². The molecule has 1 fully saturated rings. The van der Waals surface area contributed by atoms with E-state index in [1.165, 1.54) is 24.8 Å². The van der Waals surface area contributed by atoms with Gasteiger partial charge in [-0.3, -0.25) is 0 Å². The van der Waals surface area contributed by atoms with Crippen LogP contribution in [0.25, 0.3) is 0 Å². The van der Waals surface area contributed by atoms with Gasteiger partial charge in [-0.2, -0.15) is 0 Å². The summed E-state index contributed by atoms with van der Waals surface area (Å²) in [5, 5.41) is 0. The van der Waals surface area contributed by atoms with E-state index in [1.54, 1.807) is 0 Å². The molecule has 2 nitrogen and oxygen atoms in total. The smallest absolute Gasteiger partial charge is 0.120 e. The van der Waals surface area contributed by atoms with Crippen LogP contribution in [-0.2, 0) is 4.79 Å². The Morgan fingerprint density at radius 2 is 2.06 bits per heavy atom. The van der Waals surface area contributed by atoms with Gasteiger partial charge in [0.2, 0.25) is 0 Å². The van der Waals surface area contributed by atoms with Gasteiger partial charge in [0.25, 0.3) is 0 Å². The van der Waals surface area contributed by atoms with Gasteiger partial charge in [0.05, 0.1) is 6.10 Å². The fourth-order valence-corrected chi connectivity index (χ4v) is 1.84. The van der Waals surface area contributed by atoms with Crippen molar-refractivity contribution >= 4 is 6.29 Å². The molecule has 1 atom stereocenters. The summed E-state index contributed by atoms with van der Waals surface area (Å²) in [4.78, 5) is 10.4. The van der Waals surface area contributed by atoms with Crippen molar-refractivity contribution in [1.29, 1.82) is 0 Å². The second kappa shape index (κ2) is 5.15. The topological polar surface area (TPSA) is 26.3 Å². The second-order valence-corrected chi connectivity index (χ2v) is 4.54. The molecular weight excluding hydrogens is 200 g/mol. The van der Waals surface area contributed by atoms with E-state index in [4.69, 9.17) is 4.74 Å². The number of ether oxygens (including phenoxy) is 1. The second-order valence-electron chi connectivity index (χ2n) is 4.54. The highest BCUT2D eigenvalue weighted by atomic mass is 16.5. The third-order valence-corrected chi connectivity index (χ3v) is 3.25. The fraction of sp³-hybridized carbons (Fsp3) is 0.500. The summed E-state index contributed by atoms with van der Waals surface area (Å²) in [6.07, 6.45) is 5.65. The van der Waals surface area contributed by atoms with Crippen molar-refractivity contribution in [1.82, 2.24) is 0 Å². The molecule has 0 N–H and O–H groups in total. The van der Waals surface area contributed by atoms with Gasteiger partial charge in [-0.1, -0.05) is 19.1 Å². The Balaban J connectivity index is 1.95. The molecule has 0 saturated heterocycles. The summed E-state index contributed by atoms with van der Waals surface area (Å²) in [5.74, 6) is 1.25. The van der Waals surface area contributed by atoms with Gasteiger partial charge in [0, 0.05) is 6.42 Å². The van der Waals surface area contributed by atoms with Crippen molar-refractivity contribution in [2.24, 2.45) is 0 Å². The van der Waals surface area contributed by atoms with Crippen LogP contribution < -0.4 is 4.74 Å². The number of benzene rings is 1. The highest BCUT2D eigenvalue weighted by molar-refractivity contribution is 5.51. The Labute approximate surface area is 96.6 Å². The minimum Gasteiger partial charge on any atom is -0.490 e. The van der Waals surface area contributed by atoms with Crippen LogP contribution in [0.15, 0.2) is 24.3 Å². The van der Waals surface area contributed by atoms with Crippen molar-refractivity contribution in [3.8, 4) is 5.75 Å². The quantitative estimate of drug-likeness (QED) is 0.709. The minimum atomic E-state index is 0.301. The molecule has 2 rings (SSSR count). The molecule has 0 radical (unpaired) electrons. The van der Waals surface area contributed by atoms with Gasteiger partial charge in [0.1, 0.15) is 12.0 Å². The zero-order valence-corrected chi connectivity index (χ0v) is 9.69. The van der Waals surface area contributed by atoms with Crippen LogP contribution in [0.3, 0.4) is 0 Å². The van der Waals surface area contributed by atoms with Crippen LogP contribution in [0, 0.1) is 0 Å². The first kappa shape index (κ1) is 11.2. The predicted octanol–water partition coefficient (Wildman–Crippen LogP) is 3.31. The van der Waals surface area contributed by atoms with Crippen molar-refractivity contribution in [2.45, 2.75) is 44.6 Å². The molecule has 1 aromatic rings. The summed E-state index contributed by atoms with van der Waals surface area (Å²) < 4.78 is 5.78. The Morgan fingerprint density at radius 3 is 2.56 bits per heavy atom. The first-order valence-corrected chi connectivity index (χ1v) is 6.00. The third kappa shape index (κ3) is 2.63. The molecular formula is C14H18O2. The van der Waals surface area contributed by atoms with Gasteiger partial charge in [0.15, 0.2) is 0 Å². The van der Waals surface area contributed by atoms with E-state index in [2.05, 4.69) is 19.1 Å². The Hall–Kier alpha value is -1.31. The molecule has 0 spiro atoms. The lowest BCUT2D eigenvalue weighted by Crippen LogP contribution is -2.24. The van der Waals surface area contributed by atoms with Crippen molar-refractivity contribution < 1.29 is 9.53 Å². The SMILES string of the molecule is CC(CC=O)c1ccc(OC2CCC2)cc1. The van der Waals surface area contributed by atoms with Gasteiger partial charge in [-0.15, -0.1) is 0 Å². The average Bonchev–Trinajstić information content (AvgIpc) is 2.25. The fourth-order valence-electron chi connectivity index (χ4n) is 1.84. The van der Waals surface area contributed by atoms with Crippen LogP contribution in [0.1, 0.15) is 44.1 Å². The summed E-state index contributed by atoms with van der Waals surface area (Å²) >= 11 is 0. The maximum atomic E-state index is 10.4. The Bertz CT molecular complexity index is 338. The normalized spacial score (nSPS) is 17.6. The van der Waals surface area contributed by atoms with Crippen molar-refractivity contribution in [2.75, 3.05) is 0 Å². The van der Waals surface area contributed by atoms with Crippen LogP contribution in [0.5, 0.6) is 5.75 Å². The number of hydrogen-bond donors (Lipinski definition) is 0. The molecule has 1 unspecified atom stereocenters. The van der Waals surface area contributed by atoms with Crippen LogP contribution in [0.4, 0.5) is 0 Å². The Kier molecular flexibility index (Phi) is 3.60. The highest BCUT2D eigenvalue weighted by Crippen LogP contribution is 2.26. The number of hydrogen-bond acceptors (Lipinski definition) is 2. The maximum absolute atomic E-state index is 10.4. The van der Waals surface area contributed by atoms with Crippen molar-refractivity contribution in [3.63, 3.8) is 0 Å². The summed E-state index contributed by atoms with van der Waals surface area (Å²) in [6.45, 7) is 2.07. The summed E-state index contributed by atoms with van der Waals surface area (Å²) in [5.41, 5.74) is 1.20. The average molecular weight is 218 g/mol. The first-order valence-electron chi connectivity index (χ1n) is 6.00. The van der Waals surface area contributed by atoms with Crippen molar-refractivity contribution in [3.05, 3.63) is 29.8 Å². The summed E-state index contributed by atoms with van der Waals surface area (Å²) in [6, 6.07) is 8.13. The van der Waals surface area contributed by atoms with E-state index in [1.807, 2.05) is 12.1 Å². The lowest BCUT2D eigenvalue weighted by Gasteiger charge is -2.26. The molecule has 0 aromatic heterocycles. The molecule has 0 bridgehead atoms. The number of carbonyl (C=O) groups excluding carboxylic acids is 1. The Morgan fingerprint density at radius 1 is 1.38 bits per heavy atom. The monoisotopic (exact) mass is 218 g/mol. The van der Waals surface area contributed by atoms with E-state index in [0.717, 1.165) is 12.0 Å². The van der Waals surface area contributed by atoms with Crippen LogP contribution >= 0.6 is 0 Å². The van der Waals surface area contributed by atoms with Gasteiger partial charge >= 0.3 is 0 Å². The lowest BCUT2D eigenvalue weighted by atomic mass is 9.96. The van der Waals surface area contributed by atoms with Crippen LogP contribution in [0.2, 0.25) is 0 Å². The van der Waals surface area contributed by atoms with Gasteiger partial charge in [-0.25, -0.2) is 0 Å². The third-order valence-electron chi connectivity index (χ3n) is 3.25. The predicted molar refractivity (Wildman–Crippen MR) is 63.8 cm³/mol. The molecule has 0 aliphatic heterocycles. The summed E-state index contributed by atoms with van der Waals surface area (Å²) in [7, 11) is 0. The van der Waals surface area contributed by atoms with E-state index in [-0.39, 0.29) is 0 Å². The van der Waals surface area contributed by atoms with Gasteiger partial charge < -0.3 is 9.53 Å². The molecule has 1 saturated carbocycles. The molecule has 1 aromatic carbocycles. The largest absolute Gasteiger partial charge is 0.490 e. The van der Waals surface area contributed by atoms with E-state index < -0.39 is 0 Å². The number of rotatable bonds is 5. The highest BCUT2D eigenvalue weighted by Gasteiger charge is 2.18. The number of aldehydes is 1. The lowest BCUT2D eigenvalue weighted by molar-refractivity contribution is -0.108. The molecule has 1 aliphatic carbocycles. The molecule has 2 heteroatoms. The molecule has 86 valence electrons.